The van der Waals surface area contributed by atoms with Gasteiger partial charge in [0.15, 0.2) is 11.1 Å². The molecule has 0 saturated carbocycles. The highest BCUT2D eigenvalue weighted by molar-refractivity contribution is 8.13. The van der Waals surface area contributed by atoms with Crippen molar-refractivity contribution in [2.45, 2.75) is 5.75 Å². The average molecular weight is 271 g/mol. The second-order valence-electron chi connectivity index (χ2n) is 3.21. The van der Waals surface area contributed by atoms with Gasteiger partial charge in [-0.2, -0.15) is 4.99 Å². The molecule has 0 fully saturated rings. The molecule has 1 aromatic carbocycles. The first kappa shape index (κ1) is 13.9. The first-order chi connectivity index (χ1) is 8.38. The summed E-state index contributed by atoms with van der Waals surface area (Å²) in [5.41, 5.74) is 10.2. The van der Waals surface area contributed by atoms with Gasteiger partial charge in [0.05, 0.1) is 11.0 Å². The summed E-state index contributed by atoms with van der Waals surface area (Å²) in [6.45, 7) is 0. The predicted octanol–water partition coefficient (Wildman–Crippen LogP) is 1.18. The van der Waals surface area contributed by atoms with Crippen LogP contribution in [0.25, 0.3) is 0 Å². The Labute approximate surface area is 106 Å². The number of nitrogens with zero attached hydrogens (tertiary/aromatic N) is 2. The van der Waals surface area contributed by atoms with Gasteiger partial charge in [-0.3, -0.25) is 15.5 Å². The highest BCUT2D eigenvalue weighted by Gasteiger charge is 2.10. The van der Waals surface area contributed by atoms with Gasteiger partial charge in [-0.15, -0.1) is 0 Å². The number of thioether (sulfide) groups is 1. The lowest BCUT2D eigenvalue weighted by Gasteiger charge is -2.01. The molecule has 1 aromatic rings. The molecule has 0 atom stereocenters. The van der Waals surface area contributed by atoms with Crippen LogP contribution in [0, 0.1) is 21.3 Å². The number of nitrogens with one attached hydrogen (secondary N) is 1. The topological polar surface area (TPSA) is 131 Å². The van der Waals surface area contributed by atoms with E-state index in [1.807, 2.05) is 0 Å². The second kappa shape index (κ2) is 5.96. The van der Waals surface area contributed by atoms with Crippen molar-refractivity contribution >= 4 is 28.6 Å². The molecule has 96 valence electrons. The van der Waals surface area contributed by atoms with Crippen molar-refractivity contribution in [3.8, 4) is 0 Å². The quantitative estimate of drug-likeness (QED) is 0.328. The van der Waals surface area contributed by atoms with Crippen LogP contribution in [0.15, 0.2) is 23.2 Å². The van der Waals surface area contributed by atoms with Gasteiger partial charge < -0.3 is 11.5 Å². The number of nitro benzene ring substituents is 1. The average Bonchev–Trinajstić information content (AvgIpc) is 2.24. The van der Waals surface area contributed by atoms with Crippen molar-refractivity contribution in [1.29, 1.82) is 5.41 Å². The molecule has 5 N–H and O–H groups in total. The molecule has 0 aromatic heterocycles. The minimum Gasteiger partial charge on any atom is -0.370 e. The van der Waals surface area contributed by atoms with E-state index in [-0.39, 0.29) is 22.6 Å². The summed E-state index contributed by atoms with van der Waals surface area (Å²) in [6, 6.07) is 3.22. The first-order valence-electron chi connectivity index (χ1n) is 4.63. The van der Waals surface area contributed by atoms with E-state index < -0.39 is 10.7 Å². The molecule has 0 bridgehead atoms. The molecule has 0 saturated heterocycles. The number of amidine groups is 1. The molecule has 0 heterocycles. The molecule has 0 radical (unpaired) electrons. The smallest absolute Gasteiger partial charge is 0.272 e. The van der Waals surface area contributed by atoms with Crippen molar-refractivity contribution in [3.63, 3.8) is 0 Å². The van der Waals surface area contributed by atoms with Gasteiger partial charge >= 0.3 is 0 Å². The number of halogens is 1. The number of rotatable bonds is 3. The van der Waals surface area contributed by atoms with Gasteiger partial charge in [0.2, 0.25) is 0 Å². The largest absolute Gasteiger partial charge is 0.370 e. The summed E-state index contributed by atoms with van der Waals surface area (Å²) < 4.78 is 13.1. The molecular formula is C9H10FN5O2S. The Kier molecular flexibility index (Phi) is 4.60. The molecular weight excluding hydrogens is 261 g/mol. The molecule has 1 rings (SSSR count). The fraction of sp³-hybridized carbons (Fsp3) is 0.111. The Hall–Kier alpha value is -2.16. The number of non-ortho nitro benzene ring substituents is 1. The number of aliphatic imine (C=N–C) groups is 1. The third-order valence-electron chi connectivity index (χ3n) is 1.76. The Morgan fingerprint density at radius 2 is 2.17 bits per heavy atom. The van der Waals surface area contributed by atoms with Crippen molar-refractivity contribution < 1.29 is 9.31 Å². The van der Waals surface area contributed by atoms with E-state index in [1.54, 1.807) is 0 Å². The van der Waals surface area contributed by atoms with Gasteiger partial charge in [0, 0.05) is 11.8 Å². The first-order valence-corrected chi connectivity index (χ1v) is 5.62. The number of hydrogen-bond donors (Lipinski definition) is 3. The monoisotopic (exact) mass is 271 g/mol. The Morgan fingerprint density at radius 3 is 2.72 bits per heavy atom. The summed E-state index contributed by atoms with van der Waals surface area (Å²) >= 11 is 0.934. The maximum atomic E-state index is 13.1. The zero-order valence-corrected chi connectivity index (χ0v) is 9.91. The lowest BCUT2D eigenvalue weighted by atomic mass is 10.2. The minimum absolute atomic E-state index is 0.151. The number of nitrogens with two attached hydrogens (primary N) is 2. The summed E-state index contributed by atoms with van der Waals surface area (Å²) in [4.78, 5) is 13.3. The fourth-order valence-corrected chi connectivity index (χ4v) is 1.76. The molecule has 0 spiro atoms. The standard InChI is InChI=1S/C9H10FN5O2S/c10-6-1-5(2-7(3-6)15(16)17)4-18-9(13)14-8(11)12/h1-3H,4H2,(H5,11,12,13,14). The zero-order chi connectivity index (χ0) is 13.7. The highest BCUT2D eigenvalue weighted by atomic mass is 32.2. The Bertz CT molecular complexity index is 516. The van der Waals surface area contributed by atoms with Crippen molar-refractivity contribution in [1.82, 2.24) is 0 Å². The van der Waals surface area contributed by atoms with E-state index in [1.165, 1.54) is 6.07 Å². The fourth-order valence-electron chi connectivity index (χ4n) is 1.12. The van der Waals surface area contributed by atoms with Crippen LogP contribution in [0.1, 0.15) is 5.56 Å². The number of hydrogen-bond acceptors (Lipinski definition) is 4. The third-order valence-corrected chi connectivity index (χ3v) is 2.60. The van der Waals surface area contributed by atoms with Crippen molar-refractivity contribution in [2.24, 2.45) is 16.5 Å². The third kappa shape index (κ3) is 4.37. The van der Waals surface area contributed by atoms with E-state index in [0.717, 1.165) is 23.9 Å². The molecule has 0 amide bonds. The summed E-state index contributed by atoms with van der Waals surface area (Å²) in [7, 11) is 0. The minimum atomic E-state index is -0.701. The van der Waals surface area contributed by atoms with E-state index in [0.29, 0.717) is 5.56 Å². The maximum Gasteiger partial charge on any atom is 0.272 e. The van der Waals surface area contributed by atoms with Gasteiger partial charge in [-0.1, -0.05) is 11.8 Å². The van der Waals surface area contributed by atoms with Crippen LogP contribution >= 0.6 is 11.8 Å². The Balaban J connectivity index is 2.76. The molecule has 0 aliphatic heterocycles. The predicted molar refractivity (Wildman–Crippen MR) is 67.9 cm³/mol. The number of guanidine groups is 1. The van der Waals surface area contributed by atoms with E-state index in [2.05, 4.69) is 4.99 Å². The lowest BCUT2D eigenvalue weighted by Crippen LogP contribution is -2.23. The summed E-state index contributed by atoms with van der Waals surface area (Å²) in [6.07, 6.45) is 0. The van der Waals surface area contributed by atoms with E-state index in [9.17, 15) is 14.5 Å². The lowest BCUT2D eigenvalue weighted by molar-refractivity contribution is -0.385. The molecule has 0 unspecified atom stereocenters. The highest BCUT2D eigenvalue weighted by Crippen LogP contribution is 2.20. The molecule has 18 heavy (non-hydrogen) atoms. The molecule has 9 heteroatoms. The summed E-state index contributed by atoms with van der Waals surface area (Å²) in [5.74, 6) is -0.792. The molecule has 7 nitrogen and oxygen atoms in total. The molecule has 0 aliphatic rings. The van der Waals surface area contributed by atoms with Crippen LogP contribution in [-0.2, 0) is 5.75 Å². The molecule has 0 aliphatic carbocycles. The van der Waals surface area contributed by atoms with Crippen LogP contribution in [-0.4, -0.2) is 16.1 Å². The van der Waals surface area contributed by atoms with Gasteiger partial charge in [0.1, 0.15) is 5.82 Å². The van der Waals surface area contributed by atoms with Crippen LogP contribution in [0.4, 0.5) is 10.1 Å². The Morgan fingerprint density at radius 1 is 1.50 bits per heavy atom. The second-order valence-corrected chi connectivity index (χ2v) is 4.17. The normalized spacial score (nSPS) is 9.83. The SMILES string of the molecule is N=C(N=C(N)N)SCc1cc(F)cc([N+](=O)[O-])c1. The zero-order valence-electron chi connectivity index (χ0n) is 9.09. The van der Waals surface area contributed by atoms with E-state index in [4.69, 9.17) is 16.9 Å². The van der Waals surface area contributed by atoms with Crippen LogP contribution in [0.5, 0.6) is 0 Å². The van der Waals surface area contributed by atoms with Gasteiger partial charge in [0.25, 0.3) is 5.69 Å². The van der Waals surface area contributed by atoms with Gasteiger partial charge in [-0.05, 0) is 11.6 Å². The van der Waals surface area contributed by atoms with Crippen LogP contribution in [0.3, 0.4) is 0 Å². The van der Waals surface area contributed by atoms with E-state index >= 15 is 0 Å². The van der Waals surface area contributed by atoms with Crippen molar-refractivity contribution in [2.75, 3.05) is 0 Å². The van der Waals surface area contributed by atoms with Crippen LogP contribution < -0.4 is 11.5 Å². The van der Waals surface area contributed by atoms with Crippen molar-refractivity contribution in [3.05, 3.63) is 39.7 Å². The number of benzene rings is 1. The summed E-state index contributed by atoms with van der Waals surface area (Å²) in [5, 5.41) is 17.7. The maximum absolute atomic E-state index is 13.1. The number of nitro groups is 1. The van der Waals surface area contributed by atoms with Gasteiger partial charge in [-0.25, -0.2) is 4.39 Å². The van der Waals surface area contributed by atoms with Crippen LogP contribution in [0.2, 0.25) is 0 Å².